The quantitative estimate of drug-likeness (QED) is 0.894. The summed E-state index contributed by atoms with van der Waals surface area (Å²) in [5, 5.41) is 3.57. The second-order valence-electron chi connectivity index (χ2n) is 4.86. The first-order chi connectivity index (χ1) is 7.75. The maximum Gasteiger partial charge on any atom is 0.126 e. The fourth-order valence-electron chi connectivity index (χ4n) is 2.51. The predicted octanol–water partition coefficient (Wildman–Crippen LogP) is 3.58. The topological polar surface area (TPSA) is 12.0 Å². The summed E-state index contributed by atoms with van der Waals surface area (Å²) in [7, 11) is 0. The number of hydrogen-bond donors (Lipinski definition) is 1. The molecule has 3 heteroatoms. The van der Waals surface area contributed by atoms with Gasteiger partial charge in [0.05, 0.1) is 0 Å². The standard InChI is InChI=1S/C13H15BrFN/c14-10-4-5-11(15)9-3-6-12(13(9)10)16-7-8-1-2-8/h4-5,8,12,16H,1-3,6-7H2. The molecule has 0 amide bonds. The lowest BCUT2D eigenvalue weighted by Gasteiger charge is -2.15. The van der Waals surface area contributed by atoms with Crippen molar-refractivity contribution in [3.8, 4) is 0 Å². The monoisotopic (exact) mass is 283 g/mol. The van der Waals surface area contributed by atoms with E-state index >= 15 is 0 Å². The first-order valence-electron chi connectivity index (χ1n) is 5.96. The van der Waals surface area contributed by atoms with E-state index in [1.54, 1.807) is 6.07 Å². The molecule has 3 rings (SSSR count). The van der Waals surface area contributed by atoms with E-state index in [1.807, 2.05) is 6.07 Å². The third-order valence-corrected chi connectivity index (χ3v) is 4.32. The predicted molar refractivity (Wildman–Crippen MR) is 65.9 cm³/mol. The lowest BCUT2D eigenvalue weighted by atomic mass is 10.1. The Hall–Kier alpha value is -0.410. The molecule has 0 aliphatic heterocycles. The molecule has 0 bridgehead atoms. The molecule has 1 aromatic rings. The first kappa shape index (κ1) is 10.7. The highest BCUT2D eigenvalue weighted by Gasteiger charge is 2.29. The van der Waals surface area contributed by atoms with Gasteiger partial charge in [-0.05, 0) is 61.4 Å². The Morgan fingerprint density at radius 2 is 2.12 bits per heavy atom. The molecule has 1 aromatic carbocycles. The van der Waals surface area contributed by atoms with Crippen LogP contribution in [0.1, 0.15) is 36.4 Å². The maximum absolute atomic E-state index is 13.6. The van der Waals surface area contributed by atoms with E-state index in [9.17, 15) is 4.39 Å². The van der Waals surface area contributed by atoms with Crippen LogP contribution in [-0.4, -0.2) is 6.54 Å². The van der Waals surface area contributed by atoms with Crippen LogP contribution in [-0.2, 0) is 6.42 Å². The molecule has 0 aromatic heterocycles. The Kier molecular flexibility index (Phi) is 2.76. The zero-order chi connectivity index (χ0) is 11.1. The molecule has 2 aliphatic rings. The average Bonchev–Trinajstić information content (AvgIpc) is 3.00. The van der Waals surface area contributed by atoms with Crippen LogP contribution in [0.5, 0.6) is 0 Å². The molecule has 1 nitrogen and oxygen atoms in total. The van der Waals surface area contributed by atoms with Crippen LogP contribution in [0.2, 0.25) is 0 Å². The zero-order valence-electron chi connectivity index (χ0n) is 9.10. The minimum absolute atomic E-state index is 0.0473. The van der Waals surface area contributed by atoms with Crippen LogP contribution in [0.3, 0.4) is 0 Å². The molecule has 1 atom stereocenters. The molecule has 16 heavy (non-hydrogen) atoms. The van der Waals surface area contributed by atoms with E-state index in [4.69, 9.17) is 0 Å². The van der Waals surface area contributed by atoms with Gasteiger partial charge >= 0.3 is 0 Å². The smallest absolute Gasteiger partial charge is 0.126 e. The molecule has 1 N–H and O–H groups in total. The highest BCUT2D eigenvalue weighted by Crippen LogP contribution is 2.38. The van der Waals surface area contributed by atoms with Gasteiger partial charge in [0.2, 0.25) is 0 Å². The largest absolute Gasteiger partial charge is 0.310 e. The third kappa shape index (κ3) is 1.91. The Bertz CT molecular complexity index is 415. The number of hydrogen-bond acceptors (Lipinski definition) is 1. The van der Waals surface area contributed by atoms with Crippen molar-refractivity contribution >= 4 is 15.9 Å². The highest BCUT2D eigenvalue weighted by molar-refractivity contribution is 9.10. The van der Waals surface area contributed by atoms with Gasteiger partial charge in [0.25, 0.3) is 0 Å². The first-order valence-corrected chi connectivity index (χ1v) is 6.75. The molecule has 1 saturated carbocycles. The van der Waals surface area contributed by atoms with Crippen LogP contribution >= 0.6 is 15.9 Å². The van der Waals surface area contributed by atoms with Crippen molar-refractivity contribution in [1.29, 1.82) is 0 Å². The van der Waals surface area contributed by atoms with Gasteiger partial charge in [-0.1, -0.05) is 15.9 Å². The molecule has 2 aliphatic carbocycles. The van der Waals surface area contributed by atoms with Gasteiger partial charge in [-0.15, -0.1) is 0 Å². The summed E-state index contributed by atoms with van der Waals surface area (Å²) < 4.78 is 14.7. The van der Waals surface area contributed by atoms with Crippen molar-refractivity contribution in [3.05, 3.63) is 33.5 Å². The summed E-state index contributed by atoms with van der Waals surface area (Å²) >= 11 is 3.54. The van der Waals surface area contributed by atoms with Crippen LogP contribution < -0.4 is 5.32 Å². The highest BCUT2D eigenvalue weighted by atomic mass is 79.9. The van der Waals surface area contributed by atoms with E-state index in [-0.39, 0.29) is 5.82 Å². The lowest BCUT2D eigenvalue weighted by Crippen LogP contribution is -2.21. The number of fused-ring (bicyclic) bond motifs is 1. The van der Waals surface area contributed by atoms with E-state index in [2.05, 4.69) is 21.2 Å². The lowest BCUT2D eigenvalue weighted by molar-refractivity contribution is 0.511. The molecule has 0 spiro atoms. The van der Waals surface area contributed by atoms with Crippen molar-refractivity contribution in [2.24, 2.45) is 5.92 Å². The average molecular weight is 284 g/mol. The van der Waals surface area contributed by atoms with E-state index in [1.165, 1.54) is 12.8 Å². The van der Waals surface area contributed by atoms with Crippen molar-refractivity contribution in [2.75, 3.05) is 6.54 Å². The number of halogens is 2. The Labute approximate surface area is 104 Å². The second-order valence-corrected chi connectivity index (χ2v) is 5.72. The van der Waals surface area contributed by atoms with Crippen molar-refractivity contribution < 1.29 is 4.39 Å². The second kappa shape index (κ2) is 4.11. The maximum atomic E-state index is 13.6. The van der Waals surface area contributed by atoms with Gasteiger partial charge in [0.15, 0.2) is 0 Å². The Morgan fingerprint density at radius 1 is 1.31 bits per heavy atom. The van der Waals surface area contributed by atoms with Crippen LogP contribution in [0.25, 0.3) is 0 Å². The van der Waals surface area contributed by atoms with Crippen molar-refractivity contribution in [2.45, 2.75) is 31.7 Å². The van der Waals surface area contributed by atoms with Gasteiger partial charge in [-0.3, -0.25) is 0 Å². The van der Waals surface area contributed by atoms with Crippen LogP contribution in [0.4, 0.5) is 4.39 Å². The van der Waals surface area contributed by atoms with Crippen LogP contribution in [0, 0.1) is 11.7 Å². The minimum atomic E-state index is -0.0473. The number of rotatable bonds is 3. The Balaban J connectivity index is 1.82. The summed E-state index contributed by atoms with van der Waals surface area (Å²) in [6.07, 6.45) is 4.61. The van der Waals surface area contributed by atoms with Crippen molar-refractivity contribution in [3.63, 3.8) is 0 Å². The van der Waals surface area contributed by atoms with E-state index < -0.39 is 0 Å². The molecule has 86 valence electrons. The Morgan fingerprint density at radius 3 is 2.88 bits per heavy atom. The number of nitrogens with one attached hydrogen (secondary N) is 1. The van der Waals surface area contributed by atoms with E-state index in [0.717, 1.165) is 40.9 Å². The summed E-state index contributed by atoms with van der Waals surface area (Å²) in [5.41, 5.74) is 2.06. The summed E-state index contributed by atoms with van der Waals surface area (Å²) in [4.78, 5) is 0. The number of benzene rings is 1. The fraction of sp³-hybridized carbons (Fsp3) is 0.538. The summed E-state index contributed by atoms with van der Waals surface area (Å²) in [6.45, 7) is 1.09. The summed E-state index contributed by atoms with van der Waals surface area (Å²) in [5.74, 6) is 0.824. The molecular formula is C13H15BrFN. The SMILES string of the molecule is Fc1ccc(Br)c2c1CCC2NCC1CC1. The van der Waals surface area contributed by atoms with Crippen LogP contribution in [0.15, 0.2) is 16.6 Å². The fourth-order valence-corrected chi connectivity index (χ4v) is 3.16. The van der Waals surface area contributed by atoms with Gasteiger partial charge in [-0.25, -0.2) is 4.39 Å². The van der Waals surface area contributed by atoms with Gasteiger partial charge < -0.3 is 5.32 Å². The summed E-state index contributed by atoms with van der Waals surface area (Å²) in [6, 6.07) is 3.73. The molecule has 0 saturated heterocycles. The van der Waals surface area contributed by atoms with Gasteiger partial charge in [0.1, 0.15) is 5.82 Å². The zero-order valence-corrected chi connectivity index (χ0v) is 10.7. The molecule has 0 heterocycles. The van der Waals surface area contributed by atoms with Gasteiger partial charge in [0, 0.05) is 10.5 Å². The van der Waals surface area contributed by atoms with E-state index in [0.29, 0.717) is 6.04 Å². The molecule has 1 fully saturated rings. The van der Waals surface area contributed by atoms with Crippen molar-refractivity contribution in [1.82, 2.24) is 5.32 Å². The molecular weight excluding hydrogens is 269 g/mol. The minimum Gasteiger partial charge on any atom is -0.310 e. The third-order valence-electron chi connectivity index (χ3n) is 3.63. The van der Waals surface area contributed by atoms with Gasteiger partial charge in [-0.2, -0.15) is 0 Å². The molecule has 1 unspecified atom stereocenters. The molecule has 0 radical (unpaired) electrons. The normalized spacial score (nSPS) is 23.5.